The average Bonchev–Trinajstić information content (AvgIpc) is 2.87. The van der Waals surface area contributed by atoms with Gasteiger partial charge in [-0.25, -0.2) is 0 Å². The number of hydrogen-bond acceptors (Lipinski definition) is 3. The number of nitrogens with one attached hydrogen (secondary N) is 2. The predicted octanol–water partition coefficient (Wildman–Crippen LogP) is 0.795. The van der Waals surface area contributed by atoms with E-state index in [9.17, 15) is 4.79 Å². The van der Waals surface area contributed by atoms with Crippen molar-refractivity contribution >= 4 is 17.8 Å². The van der Waals surface area contributed by atoms with Crippen molar-refractivity contribution in [3.63, 3.8) is 0 Å². The van der Waals surface area contributed by atoms with Crippen molar-refractivity contribution in [1.82, 2.24) is 20.0 Å². The molecule has 0 saturated carbocycles. The first-order chi connectivity index (χ1) is 7.75. The van der Waals surface area contributed by atoms with Crippen LogP contribution >= 0.6 is 0 Å². The van der Waals surface area contributed by atoms with Crippen LogP contribution in [0.1, 0.15) is 5.69 Å². The molecular weight excluding hydrogens is 206 g/mol. The van der Waals surface area contributed by atoms with Gasteiger partial charge in [0.05, 0.1) is 11.9 Å². The highest BCUT2D eigenvalue weighted by Crippen LogP contribution is 2.01. The molecule has 16 heavy (non-hydrogen) atoms. The van der Waals surface area contributed by atoms with E-state index in [2.05, 4.69) is 20.6 Å². The van der Waals surface area contributed by atoms with Gasteiger partial charge in [-0.05, 0) is 12.1 Å². The summed E-state index contributed by atoms with van der Waals surface area (Å²) < 4.78 is 1.68. The zero-order valence-electron chi connectivity index (χ0n) is 8.71. The maximum atomic E-state index is 11.4. The van der Waals surface area contributed by atoms with Gasteiger partial charge in [-0.15, -0.1) is 0 Å². The Kier molecular flexibility index (Phi) is 2.81. The molecule has 1 amide bonds. The number of amides is 1. The highest BCUT2D eigenvalue weighted by atomic mass is 16.1. The van der Waals surface area contributed by atoms with E-state index < -0.39 is 0 Å². The minimum atomic E-state index is -0.217. The van der Waals surface area contributed by atoms with E-state index in [0.717, 1.165) is 5.69 Å². The fourth-order valence-electron chi connectivity index (χ4n) is 1.21. The van der Waals surface area contributed by atoms with Crippen molar-refractivity contribution in [2.75, 3.05) is 5.32 Å². The van der Waals surface area contributed by atoms with Gasteiger partial charge in [0.25, 0.3) is 0 Å². The molecule has 82 valence electrons. The Hall–Kier alpha value is -2.37. The Balaban J connectivity index is 1.98. The standard InChI is InChI=1S/C10H11N5O/c1-15-8(4-7-12-15)2-3-10(16)13-9-5-6-11-14-9/h2-7H,1H3,(H2,11,13,14,16)/b3-2+. The number of aryl methyl sites for hydroxylation is 1. The summed E-state index contributed by atoms with van der Waals surface area (Å²) in [5.41, 5.74) is 0.861. The van der Waals surface area contributed by atoms with Crippen molar-refractivity contribution in [3.8, 4) is 0 Å². The molecule has 2 aromatic rings. The number of aromatic nitrogens is 4. The molecule has 0 aliphatic carbocycles. The molecule has 0 aliphatic rings. The summed E-state index contributed by atoms with van der Waals surface area (Å²) in [6.07, 6.45) is 6.38. The summed E-state index contributed by atoms with van der Waals surface area (Å²) in [6.45, 7) is 0. The maximum absolute atomic E-state index is 11.4. The van der Waals surface area contributed by atoms with E-state index in [1.807, 2.05) is 13.1 Å². The van der Waals surface area contributed by atoms with Gasteiger partial charge >= 0.3 is 0 Å². The van der Waals surface area contributed by atoms with Crippen LogP contribution in [-0.2, 0) is 11.8 Å². The van der Waals surface area contributed by atoms with Gasteiger partial charge in [-0.2, -0.15) is 10.2 Å². The topological polar surface area (TPSA) is 75.6 Å². The molecule has 0 bridgehead atoms. The SMILES string of the molecule is Cn1nccc1/C=C/C(=O)Nc1ccn[nH]1. The fourth-order valence-corrected chi connectivity index (χ4v) is 1.21. The number of aromatic amines is 1. The van der Waals surface area contributed by atoms with Gasteiger partial charge in [0.15, 0.2) is 0 Å². The first kappa shape index (κ1) is 10.2. The van der Waals surface area contributed by atoms with E-state index >= 15 is 0 Å². The van der Waals surface area contributed by atoms with E-state index in [1.54, 1.807) is 29.2 Å². The third kappa shape index (κ3) is 2.35. The lowest BCUT2D eigenvalue weighted by Gasteiger charge is -1.96. The van der Waals surface area contributed by atoms with Gasteiger partial charge in [0, 0.05) is 25.4 Å². The van der Waals surface area contributed by atoms with Gasteiger partial charge < -0.3 is 5.32 Å². The van der Waals surface area contributed by atoms with E-state index in [1.165, 1.54) is 6.08 Å². The summed E-state index contributed by atoms with van der Waals surface area (Å²) in [6, 6.07) is 3.50. The largest absolute Gasteiger partial charge is 0.307 e. The lowest BCUT2D eigenvalue weighted by atomic mass is 10.3. The molecule has 6 heteroatoms. The van der Waals surface area contributed by atoms with Crippen LogP contribution in [-0.4, -0.2) is 25.9 Å². The Bertz CT molecular complexity index is 497. The molecule has 0 radical (unpaired) electrons. The second kappa shape index (κ2) is 4.43. The normalized spacial score (nSPS) is 10.8. The maximum Gasteiger partial charge on any atom is 0.249 e. The van der Waals surface area contributed by atoms with Gasteiger partial charge in [0.2, 0.25) is 5.91 Å². The number of nitrogens with zero attached hydrogens (tertiary/aromatic N) is 3. The zero-order valence-corrected chi connectivity index (χ0v) is 8.71. The highest BCUT2D eigenvalue weighted by Gasteiger charge is 1.98. The number of hydrogen-bond donors (Lipinski definition) is 2. The van der Waals surface area contributed by atoms with Crippen LogP contribution in [0.25, 0.3) is 6.08 Å². The summed E-state index contributed by atoms with van der Waals surface area (Å²) in [5, 5.41) is 13.0. The quantitative estimate of drug-likeness (QED) is 0.746. The first-order valence-corrected chi connectivity index (χ1v) is 4.72. The van der Waals surface area contributed by atoms with Crippen LogP contribution in [0.5, 0.6) is 0 Å². The van der Waals surface area contributed by atoms with Crippen molar-refractivity contribution < 1.29 is 4.79 Å². The lowest BCUT2D eigenvalue weighted by Crippen LogP contribution is -2.08. The van der Waals surface area contributed by atoms with Crippen LogP contribution in [0.4, 0.5) is 5.82 Å². The van der Waals surface area contributed by atoms with E-state index in [4.69, 9.17) is 0 Å². The molecule has 6 nitrogen and oxygen atoms in total. The molecule has 0 saturated heterocycles. The monoisotopic (exact) mass is 217 g/mol. The summed E-state index contributed by atoms with van der Waals surface area (Å²) in [7, 11) is 1.81. The molecule has 2 rings (SSSR count). The van der Waals surface area contributed by atoms with Crippen LogP contribution in [0, 0.1) is 0 Å². The van der Waals surface area contributed by atoms with Crippen LogP contribution in [0.2, 0.25) is 0 Å². The van der Waals surface area contributed by atoms with E-state index in [0.29, 0.717) is 5.82 Å². The van der Waals surface area contributed by atoms with Crippen LogP contribution in [0.3, 0.4) is 0 Å². The van der Waals surface area contributed by atoms with Crippen molar-refractivity contribution in [1.29, 1.82) is 0 Å². The Morgan fingerprint density at radius 2 is 2.38 bits per heavy atom. The number of H-pyrrole nitrogens is 1. The number of carbonyl (C=O) groups is 1. The summed E-state index contributed by atoms with van der Waals surface area (Å²) in [4.78, 5) is 11.4. The lowest BCUT2D eigenvalue weighted by molar-refractivity contribution is -0.111. The van der Waals surface area contributed by atoms with Gasteiger partial charge in [-0.3, -0.25) is 14.6 Å². The van der Waals surface area contributed by atoms with Crippen LogP contribution < -0.4 is 5.32 Å². The third-order valence-corrected chi connectivity index (χ3v) is 2.02. The molecule has 0 aliphatic heterocycles. The zero-order chi connectivity index (χ0) is 11.4. The molecule has 0 atom stereocenters. The number of anilines is 1. The fraction of sp³-hybridized carbons (Fsp3) is 0.100. The van der Waals surface area contributed by atoms with Gasteiger partial charge in [0.1, 0.15) is 5.82 Å². The van der Waals surface area contributed by atoms with Crippen molar-refractivity contribution in [3.05, 3.63) is 36.3 Å². The Labute approximate surface area is 92.0 Å². The molecule has 2 N–H and O–H groups in total. The van der Waals surface area contributed by atoms with Crippen LogP contribution in [0.15, 0.2) is 30.6 Å². The molecule has 0 unspecified atom stereocenters. The summed E-state index contributed by atoms with van der Waals surface area (Å²) in [5.74, 6) is 0.352. The second-order valence-corrected chi connectivity index (χ2v) is 3.17. The molecule has 2 heterocycles. The molecule has 2 aromatic heterocycles. The number of carbonyl (C=O) groups excluding carboxylic acids is 1. The highest BCUT2D eigenvalue weighted by molar-refractivity contribution is 6.01. The van der Waals surface area contributed by atoms with E-state index in [-0.39, 0.29) is 5.91 Å². The Morgan fingerprint density at radius 3 is 3.00 bits per heavy atom. The second-order valence-electron chi connectivity index (χ2n) is 3.17. The molecular formula is C10H11N5O. The summed E-state index contributed by atoms with van der Waals surface area (Å²) >= 11 is 0. The Morgan fingerprint density at radius 1 is 1.50 bits per heavy atom. The minimum Gasteiger partial charge on any atom is -0.307 e. The molecule has 0 spiro atoms. The minimum absolute atomic E-state index is 0.217. The average molecular weight is 217 g/mol. The first-order valence-electron chi connectivity index (χ1n) is 4.72. The molecule has 0 aromatic carbocycles. The third-order valence-electron chi connectivity index (χ3n) is 2.02. The van der Waals surface area contributed by atoms with Gasteiger partial charge in [-0.1, -0.05) is 0 Å². The van der Waals surface area contributed by atoms with Crippen molar-refractivity contribution in [2.45, 2.75) is 0 Å². The smallest absolute Gasteiger partial charge is 0.249 e. The molecule has 0 fully saturated rings. The predicted molar refractivity (Wildman–Crippen MR) is 59.5 cm³/mol. The van der Waals surface area contributed by atoms with Crippen molar-refractivity contribution in [2.24, 2.45) is 7.05 Å². The number of rotatable bonds is 3.